The number of carbonyl (C=O) groups is 2. The zero-order valence-electron chi connectivity index (χ0n) is 21.2. The lowest BCUT2D eigenvalue weighted by atomic mass is 9.34. The number of hydrogen-bond acceptors (Lipinski definition) is 2. The summed E-state index contributed by atoms with van der Waals surface area (Å²) in [7, 11) is 0. The summed E-state index contributed by atoms with van der Waals surface area (Å²) < 4.78 is 0. The average molecular weight is 441 g/mol. The average Bonchev–Trinajstić information content (AvgIpc) is 2.71. The molecule has 0 amide bonds. The summed E-state index contributed by atoms with van der Waals surface area (Å²) >= 11 is 0. The predicted octanol–water partition coefficient (Wildman–Crippen LogP) is 7.05. The van der Waals surface area contributed by atoms with Crippen LogP contribution in [-0.2, 0) is 9.59 Å². The van der Waals surface area contributed by atoms with Gasteiger partial charge in [-0.2, -0.15) is 0 Å². The standard InChI is InChI=1S/C29H44O3/c1-18-19-9-12-28(6)23(26(19,4)11-10-22(18)30)8-7-20-21-17-25(2,3)13-15-29(21,24(31)32)16-14-27(20,28)5/h7,18-19,21,23H,8-17H2,1-6H3,(H,31,32)/t18-,19+,21-,23-,26-,27-,28+,29-/m1/s1. The second-order valence-corrected chi connectivity index (χ2v) is 14.0. The lowest BCUT2D eigenvalue weighted by Gasteiger charge is -2.69. The van der Waals surface area contributed by atoms with Crippen molar-refractivity contribution in [2.24, 2.45) is 50.7 Å². The highest BCUT2D eigenvalue weighted by atomic mass is 16.4. The summed E-state index contributed by atoms with van der Waals surface area (Å²) in [6, 6.07) is 0. The monoisotopic (exact) mass is 440 g/mol. The van der Waals surface area contributed by atoms with Crippen LogP contribution in [0.4, 0.5) is 0 Å². The van der Waals surface area contributed by atoms with Crippen LogP contribution >= 0.6 is 0 Å². The Morgan fingerprint density at radius 3 is 2.38 bits per heavy atom. The van der Waals surface area contributed by atoms with Crippen LogP contribution in [0.25, 0.3) is 0 Å². The van der Waals surface area contributed by atoms with Crippen LogP contribution in [0.5, 0.6) is 0 Å². The van der Waals surface area contributed by atoms with Gasteiger partial charge in [0, 0.05) is 12.3 Å². The molecule has 4 fully saturated rings. The summed E-state index contributed by atoms with van der Waals surface area (Å²) in [5.41, 5.74) is 1.64. The zero-order valence-corrected chi connectivity index (χ0v) is 21.2. The maximum atomic E-state index is 12.7. The van der Waals surface area contributed by atoms with Crippen LogP contribution in [0.15, 0.2) is 11.6 Å². The minimum Gasteiger partial charge on any atom is -0.481 e. The maximum absolute atomic E-state index is 12.7. The molecule has 0 unspecified atom stereocenters. The van der Waals surface area contributed by atoms with Gasteiger partial charge in [-0.1, -0.05) is 53.2 Å². The lowest BCUT2D eigenvalue weighted by molar-refractivity contribution is -0.180. The molecule has 0 aliphatic heterocycles. The van der Waals surface area contributed by atoms with Crippen LogP contribution in [0.2, 0.25) is 0 Å². The molecule has 5 rings (SSSR count). The van der Waals surface area contributed by atoms with Crippen LogP contribution < -0.4 is 0 Å². The topological polar surface area (TPSA) is 54.4 Å². The molecule has 5 aliphatic carbocycles. The first-order chi connectivity index (χ1) is 14.8. The fraction of sp³-hybridized carbons (Fsp3) is 0.862. The third-order valence-corrected chi connectivity index (χ3v) is 12.4. The number of rotatable bonds is 1. The molecule has 3 heteroatoms. The Morgan fingerprint density at radius 1 is 1.00 bits per heavy atom. The normalized spacial score (nSPS) is 52.1. The summed E-state index contributed by atoms with van der Waals surface area (Å²) in [6.45, 7) is 14.4. The zero-order chi connectivity index (χ0) is 23.3. The van der Waals surface area contributed by atoms with Crippen molar-refractivity contribution in [3.8, 4) is 0 Å². The first-order valence-corrected chi connectivity index (χ1v) is 13.3. The molecule has 0 radical (unpaired) electrons. The van der Waals surface area contributed by atoms with E-state index < -0.39 is 11.4 Å². The maximum Gasteiger partial charge on any atom is 0.310 e. The van der Waals surface area contributed by atoms with E-state index in [2.05, 4.69) is 47.6 Å². The molecular formula is C29H44O3. The Morgan fingerprint density at radius 2 is 1.69 bits per heavy atom. The Bertz CT molecular complexity index is 885. The number of carbonyl (C=O) groups excluding carboxylic acids is 1. The fourth-order valence-electron chi connectivity index (χ4n) is 10.0. The predicted molar refractivity (Wildman–Crippen MR) is 127 cm³/mol. The summed E-state index contributed by atoms with van der Waals surface area (Å²) in [5.74, 6) is 1.40. The SMILES string of the molecule is C[C@H]1C(=O)CC[C@@]2(C)[C@H]3CC=C4[C@H]5CC(C)(C)CC[C@@]5(C(=O)O)CC[C@@]4(C)[C@@]3(C)CC[C@@H]12. The van der Waals surface area contributed by atoms with Crippen LogP contribution in [0.1, 0.15) is 106 Å². The molecule has 0 saturated heterocycles. The highest BCUT2D eigenvalue weighted by Crippen LogP contribution is 2.74. The lowest BCUT2D eigenvalue weighted by Crippen LogP contribution is -2.63. The van der Waals surface area contributed by atoms with E-state index >= 15 is 0 Å². The van der Waals surface area contributed by atoms with Gasteiger partial charge in [0.1, 0.15) is 5.78 Å². The number of fused-ring (bicyclic) bond motifs is 7. The minimum absolute atomic E-state index is 0.0750. The van der Waals surface area contributed by atoms with Gasteiger partial charge in [0.25, 0.3) is 0 Å². The molecular weight excluding hydrogens is 396 g/mol. The molecule has 4 saturated carbocycles. The number of aliphatic carboxylic acids is 1. The van der Waals surface area contributed by atoms with Crippen molar-refractivity contribution in [2.75, 3.05) is 0 Å². The van der Waals surface area contributed by atoms with Crippen molar-refractivity contribution in [1.29, 1.82) is 0 Å². The van der Waals surface area contributed by atoms with E-state index in [1.807, 2.05) is 0 Å². The number of Topliss-reactive ketones (excluding diaryl/α,β-unsaturated/α-hetero) is 1. The number of carboxylic acid groups (broad SMARTS) is 1. The van der Waals surface area contributed by atoms with Gasteiger partial charge in [0.05, 0.1) is 5.41 Å². The fourth-order valence-corrected chi connectivity index (χ4v) is 10.0. The van der Waals surface area contributed by atoms with Gasteiger partial charge < -0.3 is 5.11 Å². The number of allylic oxidation sites excluding steroid dienone is 2. The van der Waals surface area contributed by atoms with Gasteiger partial charge in [0.15, 0.2) is 0 Å². The number of carboxylic acids is 1. The molecule has 8 atom stereocenters. The van der Waals surface area contributed by atoms with Gasteiger partial charge in [-0.05, 0) is 97.2 Å². The Hall–Kier alpha value is -1.12. The van der Waals surface area contributed by atoms with Crippen LogP contribution in [-0.4, -0.2) is 16.9 Å². The van der Waals surface area contributed by atoms with Crippen molar-refractivity contribution >= 4 is 11.8 Å². The molecule has 5 aliphatic rings. The highest BCUT2D eigenvalue weighted by Gasteiger charge is 2.68. The molecule has 0 heterocycles. The third-order valence-electron chi connectivity index (χ3n) is 12.4. The Labute approximate surface area is 194 Å². The van der Waals surface area contributed by atoms with E-state index in [-0.39, 0.29) is 33.5 Å². The Balaban J connectivity index is 1.60. The summed E-state index contributed by atoms with van der Waals surface area (Å²) in [6.07, 6.45) is 12.4. The number of hydrogen-bond donors (Lipinski definition) is 1. The first-order valence-electron chi connectivity index (χ1n) is 13.3. The second-order valence-electron chi connectivity index (χ2n) is 14.0. The van der Waals surface area contributed by atoms with Gasteiger partial charge in [-0.15, -0.1) is 0 Å². The van der Waals surface area contributed by atoms with E-state index in [9.17, 15) is 14.7 Å². The third kappa shape index (κ3) is 2.66. The molecule has 0 bridgehead atoms. The van der Waals surface area contributed by atoms with Crippen molar-refractivity contribution in [2.45, 2.75) is 106 Å². The van der Waals surface area contributed by atoms with Gasteiger partial charge >= 0.3 is 5.97 Å². The van der Waals surface area contributed by atoms with Gasteiger partial charge in [-0.3, -0.25) is 9.59 Å². The molecule has 0 spiro atoms. The van der Waals surface area contributed by atoms with E-state index in [0.717, 1.165) is 57.8 Å². The molecule has 0 aromatic carbocycles. The highest BCUT2D eigenvalue weighted by molar-refractivity contribution is 5.82. The summed E-state index contributed by atoms with van der Waals surface area (Å²) in [4.78, 5) is 25.3. The second kappa shape index (κ2) is 6.72. The van der Waals surface area contributed by atoms with E-state index in [1.165, 1.54) is 12.0 Å². The smallest absolute Gasteiger partial charge is 0.310 e. The van der Waals surface area contributed by atoms with Crippen molar-refractivity contribution in [3.63, 3.8) is 0 Å². The largest absolute Gasteiger partial charge is 0.481 e. The summed E-state index contributed by atoms with van der Waals surface area (Å²) in [5, 5.41) is 10.5. The molecule has 178 valence electrons. The Kier molecular flexibility index (Phi) is 4.76. The first kappa shape index (κ1) is 22.7. The van der Waals surface area contributed by atoms with E-state index in [1.54, 1.807) is 0 Å². The minimum atomic E-state index is -0.559. The van der Waals surface area contributed by atoms with E-state index in [0.29, 0.717) is 17.6 Å². The molecule has 1 N–H and O–H groups in total. The molecule has 3 nitrogen and oxygen atoms in total. The number of ketones is 1. The quantitative estimate of drug-likeness (QED) is 0.444. The molecule has 0 aromatic heterocycles. The molecule has 0 aromatic rings. The van der Waals surface area contributed by atoms with Crippen molar-refractivity contribution in [3.05, 3.63) is 11.6 Å². The van der Waals surface area contributed by atoms with E-state index in [4.69, 9.17) is 0 Å². The van der Waals surface area contributed by atoms with Crippen molar-refractivity contribution < 1.29 is 14.7 Å². The molecule has 32 heavy (non-hydrogen) atoms. The van der Waals surface area contributed by atoms with Crippen LogP contribution in [0.3, 0.4) is 0 Å². The van der Waals surface area contributed by atoms with Crippen LogP contribution in [0, 0.1) is 50.7 Å². The van der Waals surface area contributed by atoms with Crippen molar-refractivity contribution in [1.82, 2.24) is 0 Å². The van der Waals surface area contributed by atoms with Gasteiger partial charge in [0.2, 0.25) is 0 Å². The van der Waals surface area contributed by atoms with Gasteiger partial charge in [-0.25, -0.2) is 0 Å².